The summed E-state index contributed by atoms with van der Waals surface area (Å²) in [4.78, 5) is 7.17. The summed E-state index contributed by atoms with van der Waals surface area (Å²) in [6, 6.07) is 8.73. The molecule has 0 bridgehead atoms. The molecule has 2 aliphatic rings. The first kappa shape index (κ1) is 20.1. The quantitative estimate of drug-likeness (QED) is 0.631. The summed E-state index contributed by atoms with van der Waals surface area (Å²) < 4.78 is 27.1. The van der Waals surface area contributed by atoms with E-state index in [1.54, 1.807) is 28.6 Å². The number of sulfonamides is 1. The van der Waals surface area contributed by atoms with Crippen LogP contribution in [0.2, 0.25) is 0 Å². The maximum absolute atomic E-state index is 12.7. The average Bonchev–Trinajstić information content (AvgIpc) is 2.71. The molecule has 0 amide bonds. The monoisotopic (exact) mass is 392 g/mol. The SMILES string of the molecule is CN=C(NCC1CCN(S(=O)(=O)c2ccccc2)CC1)N1CCC(C)CC1. The minimum Gasteiger partial charge on any atom is -0.356 e. The number of nitrogens with zero attached hydrogens (tertiary/aromatic N) is 3. The van der Waals surface area contributed by atoms with Gasteiger partial charge < -0.3 is 10.2 Å². The van der Waals surface area contributed by atoms with Gasteiger partial charge in [0.25, 0.3) is 0 Å². The predicted molar refractivity (Wildman–Crippen MR) is 109 cm³/mol. The number of aliphatic imine (C=N–C) groups is 1. The fourth-order valence-electron chi connectivity index (χ4n) is 3.88. The number of piperidine rings is 2. The van der Waals surface area contributed by atoms with E-state index in [1.807, 2.05) is 13.1 Å². The highest BCUT2D eigenvalue weighted by Gasteiger charge is 2.29. The second-order valence-corrected chi connectivity index (χ2v) is 9.70. The number of benzene rings is 1. The molecule has 2 fully saturated rings. The van der Waals surface area contributed by atoms with Gasteiger partial charge in [0.2, 0.25) is 10.0 Å². The highest BCUT2D eigenvalue weighted by atomic mass is 32.2. The molecule has 6 nitrogen and oxygen atoms in total. The van der Waals surface area contributed by atoms with Crippen molar-refractivity contribution in [3.05, 3.63) is 30.3 Å². The Hall–Kier alpha value is -1.60. The Morgan fingerprint density at radius 3 is 2.30 bits per heavy atom. The van der Waals surface area contributed by atoms with Crippen molar-refractivity contribution in [1.82, 2.24) is 14.5 Å². The second kappa shape index (κ2) is 9.06. The molecule has 2 heterocycles. The van der Waals surface area contributed by atoms with E-state index in [0.29, 0.717) is 23.9 Å². The summed E-state index contributed by atoms with van der Waals surface area (Å²) in [5.74, 6) is 2.27. The van der Waals surface area contributed by atoms with E-state index in [-0.39, 0.29) is 0 Å². The number of hydrogen-bond donors (Lipinski definition) is 1. The summed E-state index contributed by atoms with van der Waals surface area (Å²) in [6.07, 6.45) is 4.20. The molecule has 2 saturated heterocycles. The van der Waals surface area contributed by atoms with Crippen LogP contribution in [0.5, 0.6) is 0 Å². The van der Waals surface area contributed by atoms with E-state index in [2.05, 4.69) is 22.1 Å². The molecule has 7 heteroatoms. The van der Waals surface area contributed by atoms with Crippen LogP contribution in [0.25, 0.3) is 0 Å². The third-order valence-electron chi connectivity index (χ3n) is 5.80. The third kappa shape index (κ3) is 5.02. The standard InChI is InChI=1S/C20H32N4O2S/c1-17-8-12-23(13-9-17)20(21-2)22-16-18-10-14-24(15-11-18)27(25,26)19-6-4-3-5-7-19/h3-7,17-18H,8-16H2,1-2H3,(H,21,22). The molecule has 0 spiro atoms. The van der Waals surface area contributed by atoms with E-state index in [9.17, 15) is 8.42 Å². The average molecular weight is 393 g/mol. The number of nitrogens with one attached hydrogen (secondary N) is 1. The first-order valence-electron chi connectivity index (χ1n) is 10.0. The van der Waals surface area contributed by atoms with Gasteiger partial charge >= 0.3 is 0 Å². The van der Waals surface area contributed by atoms with Gasteiger partial charge in [0.15, 0.2) is 5.96 Å². The first-order valence-corrected chi connectivity index (χ1v) is 11.5. The minimum absolute atomic E-state index is 0.390. The van der Waals surface area contributed by atoms with E-state index in [0.717, 1.165) is 44.4 Å². The van der Waals surface area contributed by atoms with Crippen LogP contribution >= 0.6 is 0 Å². The van der Waals surface area contributed by atoms with Gasteiger partial charge in [-0.05, 0) is 49.7 Å². The Balaban J connectivity index is 1.48. The van der Waals surface area contributed by atoms with Crippen molar-refractivity contribution in [3.8, 4) is 0 Å². The fourth-order valence-corrected chi connectivity index (χ4v) is 5.37. The maximum atomic E-state index is 12.7. The number of guanidine groups is 1. The van der Waals surface area contributed by atoms with Crippen molar-refractivity contribution in [2.45, 2.75) is 37.5 Å². The van der Waals surface area contributed by atoms with Crippen molar-refractivity contribution < 1.29 is 8.42 Å². The molecule has 0 aliphatic carbocycles. The van der Waals surface area contributed by atoms with Gasteiger partial charge in [-0.15, -0.1) is 0 Å². The summed E-state index contributed by atoms with van der Waals surface area (Å²) in [5.41, 5.74) is 0. The second-order valence-electron chi connectivity index (χ2n) is 7.76. The maximum Gasteiger partial charge on any atom is 0.243 e. The molecule has 1 aromatic carbocycles. The van der Waals surface area contributed by atoms with Crippen LogP contribution in [0.4, 0.5) is 0 Å². The Labute approximate surface area is 163 Å². The third-order valence-corrected chi connectivity index (χ3v) is 7.71. The van der Waals surface area contributed by atoms with Gasteiger partial charge in [-0.3, -0.25) is 4.99 Å². The molecule has 150 valence electrons. The van der Waals surface area contributed by atoms with Crippen molar-refractivity contribution in [2.24, 2.45) is 16.8 Å². The first-order chi connectivity index (χ1) is 13.0. The van der Waals surface area contributed by atoms with Crippen molar-refractivity contribution in [1.29, 1.82) is 0 Å². The molecule has 0 radical (unpaired) electrons. The molecule has 0 aromatic heterocycles. The lowest BCUT2D eigenvalue weighted by atomic mass is 9.98. The van der Waals surface area contributed by atoms with Gasteiger partial charge in [0, 0.05) is 39.8 Å². The van der Waals surface area contributed by atoms with Gasteiger partial charge in [-0.2, -0.15) is 4.31 Å². The highest BCUT2D eigenvalue weighted by Crippen LogP contribution is 2.23. The zero-order chi connectivity index (χ0) is 19.3. The van der Waals surface area contributed by atoms with Crippen LogP contribution in [0, 0.1) is 11.8 Å². The van der Waals surface area contributed by atoms with Crippen LogP contribution in [0.3, 0.4) is 0 Å². The molecule has 3 rings (SSSR count). The molecule has 0 saturated carbocycles. The van der Waals surface area contributed by atoms with E-state index in [4.69, 9.17) is 0 Å². The predicted octanol–water partition coefficient (Wildman–Crippen LogP) is 2.39. The Bertz CT molecular complexity index is 720. The van der Waals surface area contributed by atoms with Crippen molar-refractivity contribution in [2.75, 3.05) is 39.8 Å². The molecule has 1 N–H and O–H groups in total. The molecule has 0 atom stereocenters. The zero-order valence-electron chi connectivity index (χ0n) is 16.5. The van der Waals surface area contributed by atoms with Crippen LogP contribution in [-0.2, 0) is 10.0 Å². The van der Waals surface area contributed by atoms with E-state index >= 15 is 0 Å². The van der Waals surface area contributed by atoms with Gasteiger partial charge in [0.05, 0.1) is 4.90 Å². The van der Waals surface area contributed by atoms with Gasteiger partial charge in [0.1, 0.15) is 0 Å². The molecule has 0 unspecified atom stereocenters. The lowest BCUT2D eigenvalue weighted by molar-refractivity contribution is 0.258. The normalized spacial score (nSPS) is 21.4. The lowest BCUT2D eigenvalue weighted by Crippen LogP contribution is -2.48. The van der Waals surface area contributed by atoms with Crippen molar-refractivity contribution >= 4 is 16.0 Å². The van der Waals surface area contributed by atoms with Crippen molar-refractivity contribution in [3.63, 3.8) is 0 Å². The summed E-state index contributed by atoms with van der Waals surface area (Å²) in [6.45, 7) is 6.47. The number of hydrogen-bond acceptors (Lipinski definition) is 3. The largest absolute Gasteiger partial charge is 0.356 e. The zero-order valence-corrected chi connectivity index (χ0v) is 17.3. The summed E-state index contributed by atoms with van der Waals surface area (Å²) >= 11 is 0. The minimum atomic E-state index is -3.36. The van der Waals surface area contributed by atoms with Crippen LogP contribution in [0.1, 0.15) is 32.6 Å². The topological polar surface area (TPSA) is 65.0 Å². The van der Waals surface area contributed by atoms with Gasteiger partial charge in [-0.1, -0.05) is 25.1 Å². The molecule has 1 aromatic rings. The fraction of sp³-hybridized carbons (Fsp3) is 0.650. The Morgan fingerprint density at radius 2 is 1.70 bits per heavy atom. The van der Waals surface area contributed by atoms with E-state index in [1.165, 1.54) is 12.8 Å². The smallest absolute Gasteiger partial charge is 0.243 e. The summed E-state index contributed by atoms with van der Waals surface area (Å²) in [7, 11) is -1.52. The number of rotatable bonds is 4. The van der Waals surface area contributed by atoms with Crippen LogP contribution in [0.15, 0.2) is 40.2 Å². The lowest BCUT2D eigenvalue weighted by Gasteiger charge is -2.35. The van der Waals surface area contributed by atoms with Gasteiger partial charge in [-0.25, -0.2) is 8.42 Å². The highest BCUT2D eigenvalue weighted by molar-refractivity contribution is 7.89. The number of likely N-dealkylation sites (tertiary alicyclic amines) is 1. The van der Waals surface area contributed by atoms with Crippen LogP contribution < -0.4 is 5.32 Å². The molecular formula is C20H32N4O2S. The molecular weight excluding hydrogens is 360 g/mol. The summed E-state index contributed by atoms with van der Waals surface area (Å²) in [5, 5.41) is 3.52. The van der Waals surface area contributed by atoms with E-state index < -0.39 is 10.0 Å². The Kier molecular flexibility index (Phi) is 6.76. The Morgan fingerprint density at radius 1 is 1.07 bits per heavy atom. The molecule has 27 heavy (non-hydrogen) atoms. The molecule has 2 aliphatic heterocycles. The van der Waals surface area contributed by atoms with Crippen LogP contribution in [-0.4, -0.2) is 63.4 Å².